The van der Waals surface area contributed by atoms with Gasteiger partial charge in [0, 0.05) is 16.6 Å². The molecule has 1 fully saturated rings. The maximum Gasteiger partial charge on any atom is 0.0230 e. The Bertz CT molecular complexity index is 369. The fourth-order valence-electron chi connectivity index (χ4n) is 2.72. The van der Waals surface area contributed by atoms with Gasteiger partial charge in [-0.25, -0.2) is 0 Å². The molecular formula is C15H23BrN2. The zero-order chi connectivity index (χ0) is 13.0. The van der Waals surface area contributed by atoms with Crippen molar-refractivity contribution in [2.45, 2.75) is 44.2 Å². The van der Waals surface area contributed by atoms with E-state index < -0.39 is 0 Å². The van der Waals surface area contributed by atoms with Crippen LogP contribution in [0.15, 0.2) is 28.7 Å². The molecule has 1 saturated carbocycles. The molecule has 1 aliphatic rings. The first kappa shape index (κ1) is 14.0. The zero-order valence-electron chi connectivity index (χ0n) is 11.2. The Balaban J connectivity index is 1.78. The van der Waals surface area contributed by atoms with Crippen molar-refractivity contribution in [2.75, 3.05) is 13.6 Å². The maximum absolute atomic E-state index is 6.39. The van der Waals surface area contributed by atoms with E-state index in [9.17, 15) is 0 Å². The van der Waals surface area contributed by atoms with E-state index in [1.54, 1.807) is 0 Å². The van der Waals surface area contributed by atoms with Crippen LogP contribution in [0.4, 0.5) is 0 Å². The van der Waals surface area contributed by atoms with Crippen LogP contribution in [-0.2, 0) is 6.54 Å². The Hall–Kier alpha value is -0.380. The third-order valence-electron chi connectivity index (χ3n) is 3.96. The topological polar surface area (TPSA) is 29.3 Å². The Morgan fingerprint density at radius 3 is 2.44 bits per heavy atom. The van der Waals surface area contributed by atoms with E-state index in [4.69, 9.17) is 5.73 Å². The van der Waals surface area contributed by atoms with Crippen molar-refractivity contribution in [2.24, 2.45) is 5.73 Å². The first-order valence-corrected chi connectivity index (χ1v) is 7.59. The Morgan fingerprint density at radius 1 is 1.22 bits per heavy atom. The quantitative estimate of drug-likeness (QED) is 0.901. The van der Waals surface area contributed by atoms with E-state index in [1.807, 2.05) is 0 Å². The molecule has 0 saturated heterocycles. The van der Waals surface area contributed by atoms with Gasteiger partial charge in [-0.1, -0.05) is 40.9 Å². The van der Waals surface area contributed by atoms with Gasteiger partial charge >= 0.3 is 0 Å². The van der Waals surface area contributed by atoms with Gasteiger partial charge in [-0.15, -0.1) is 0 Å². The van der Waals surface area contributed by atoms with Crippen LogP contribution < -0.4 is 5.73 Å². The van der Waals surface area contributed by atoms with Gasteiger partial charge in [-0.3, -0.25) is 0 Å². The number of halogens is 1. The van der Waals surface area contributed by atoms with Crippen molar-refractivity contribution in [3.63, 3.8) is 0 Å². The smallest absolute Gasteiger partial charge is 0.0230 e. The molecule has 0 atom stereocenters. The molecule has 1 aromatic rings. The standard InChI is InChI=1S/C15H23BrN2/c1-18(11-10-15(17)8-2-3-9-15)12-13-4-6-14(16)7-5-13/h4-7H,2-3,8-12,17H2,1H3. The SMILES string of the molecule is CN(CCC1(N)CCCC1)Cc1ccc(Br)cc1. The lowest BCUT2D eigenvalue weighted by Gasteiger charge is -2.26. The predicted molar refractivity (Wildman–Crippen MR) is 80.5 cm³/mol. The summed E-state index contributed by atoms with van der Waals surface area (Å²) < 4.78 is 1.14. The molecule has 0 unspecified atom stereocenters. The highest BCUT2D eigenvalue weighted by Crippen LogP contribution is 2.30. The maximum atomic E-state index is 6.39. The molecule has 0 radical (unpaired) electrons. The molecule has 1 aromatic carbocycles. The number of hydrogen-bond donors (Lipinski definition) is 1. The lowest BCUT2D eigenvalue weighted by atomic mass is 9.94. The number of rotatable bonds is 5. The Labute approximate surface area is 119 Å². The molecule has 0 bridgehead atoms. The van der Waals surface area contributed by atoms with Crippen molar-refractivity contribution in [3.8, 4) is 0 Å². The van der Waals surface area contributed by atoms with Crippen LogP contribution in [0.2, 0.25) is 0 Å². The molecule has 2 rings (SSSR count). The van der Waals surface area contributed by atoms with Gasteiger partial charge in [-0.05, 0) is 50.6 Å². The van der Waals surface area contributed by atoms with Crippen LogP contribution in [-0.4, -0.2) is 24.0 Å². The zero-order valence-corrected chi connectivity index (χ0v) is 12.7. The van der Waals surface area contributed by atoms with E-state index in [-0.39, 0.29) is 5.54 Å². The van der Waals surface area contributed by atoms with Crippen LogP contribution >= 0.6 is 15.9 Å². The van der Waals surface area contributed by atoms with E-state index >= 15 is 0 Å². The van der Waals surface area contributed by atoms with Crippen molar-refractivity contribution >= 4 is 15.9 Å². The average molecular weight is 311 g/mol. The van der Waals surface area contributed by atoms with Gasteiger partial charge in [0.1, 0.15) is 0 Å². The summed E-state index contributed by atoms with van der Waals surface area (Å²) in [4.78, 5) is 2.37. The molecular weight excluding hydrogens is 288 g/mol. The summed E-state index contributed by atoms with van der Waals surface area (Å²) in [5, 5.41) is 0. The van der Waals surface area contributed by atoms with Crippen molar-refractivity contribution in [1.29, 1.82) is 0 Å². The number of nitrogens with zero attached hydrogens (tertiary/aromatic N) is 1. The summed E-state index contributed by atoms with van der Waals surface area (Å²) in [6, 6.07) is 8.55. The third-order valence-corrected chi connectivity index (χ3v) is 4.49. The molecule has 2 N–H and O–H groups in total. The second-order valence-corrected chi connectivity index (χ2v) is 6.60. The van der Waals surface area contributed by atoms with Crippen molar-refractivity contribution < 1.29 is 0 Å². The fourth-order valence-corrected chi connectivity index (χ4v) is 2.99. The molecule has 0 aromatic heterocycles. The second-order valence-electron chi connectivity index (χ2n) is 5.68. The van der Waals surface area contributed by atoms with Crippen LogP contribution in [0.3, 0.4) is 0 Å². The van der Waals surface area contributed by atoms with Crippen LogP contribution in [0.5, 0.6) is 0 Å². The normalized spacial score (nSPS) is 18.4. The lowest BCUT2D eigenvalue weighted by molar-refractivity contribution is 0.273. The predicted octanol–water partition coefficient (Wildman–Crippen LogP) is 3.54. The Kier molecular flexibility index (Phi) is 4.82. The van der Waals surface area contributed by atoms with Gasteiger partial charge in [-0.2, -0.15) is 0 Å². The summed E-state index contributed by atoms with van der Waals surface area (Å²) in [6.07, 6.45) is 6.16. The number of benzene rings is 1. The molecule has 0 spiro atoms. The van der Waals surface area contributed by atoms with Crippen molar-refractivity contribution in [1.82, 2.24) is 4.90 Å². The van der Waals surface area contributed by atoms with E-state index in [1.165, 1.54) is 31.2 Å². The summed E-state index contributed by atoms with van der Waals surface area (Å²) in [5.74, 6) is 0. The summed E-state index contributed by atoms with van der Waals surface area (Å²) in [7, 11) is 2.18. The second kappa shape index (κ2) is 6.18. The minimum atomic E-state index is 0.119. The molecule has 2 nitrogen and oxygen atoms in total. The molecule has 0 aliphatic heterocycles. The highest BCUT2D eigenvalue weighted by Gasteiger charge is 2.28. The van der Waals surface area contributed by atoms with Gasteiger partial charge in [0.25, 0.3) is 0 Å². The van der Waals surface area contributed by atoms with E-state index in [0.717, 1.165) is 24.0 Å². The Morgan fingerprint density at radius 2 is 1.83 bits per heavy atom. The summed E-state index contributed by atoms with van der Waals surface area (Å²) in [5.41, 5.74) is 7.87. The third kappa shape index (κ3) is 4.08. The molecule has 1 aliphatic carbocycles. The van der Waals surface area contributed by atoms with Crippen LogP contribution in [0.25, 0.3) is 0 Å². The van der Waals surface area contributed by atoms with Crippen LogP contribution in [0.1, 0.15) is 37.7 Å². The van der Waals surface area contributed by atoms with Crippen molar-refractivity contribution in [3.05, 3.63) is 34.3 Å². The highest BCUT2D eigenvalue weighted by atomic mass is 79.9. The van der Waals surface area contributed by atoms with Gasteiger partial charge in [0.2, 0.25) is 0 Å². The number of hydrogen-bond acceptors (Lipinski definition) is 2. The van der Waals surface area contributed by atoms with Gasteiger partial charge in [0.15, 0.2) is 0 Å². The van der Waals surface area contributed by atoms with Crippen LogP contribution in [0, 0.1) is 0 Å². The highest BCUT2D eigenvalue weighted by molar-refractivity contribution is 9.10. The number of nitrogens with two attached hydrogens (primary N) is 1. The molecule has 100 valence electrons. The van der Waals surface area contributed by atoms with Gasteiger partial charge in [0.05, 0.1) is 0 Å². The largest absolute Gasteiger partial charge is 0.325 e. The van der Waals surface area contributed by atoms with E-state index in [2.05, 4.69) is 52.1 Å². The first-order chi connectivity index (χ1) is 8.57. The lowest BCUT2D eigenvalue weighted by Crippen LogP contribution is -2.39. The monoisotopic (exact) mass is 310 g/mol. The summed E-state index contributed by atoms with van der Waals surface area (Å²) in [6.45, 7) is 2.09. The fraction of sp³-hybridized carbons (Fsp3) is 0.600. The molecule has 0 heterocycles. The minimum Gasteiger partial charge on any atom is -0.325 e. The molecule has 3 heteroatoms. The molecule has 18 heavy (non-hydrogen) atoms. The average Bonchev–Trinajstić information content (AvgIpc) is 2.78. The minimum absolute atomic E-state index is 0.119. The molecule has 0 amide bonds. The van der Waals surface area contributed by atoms with Gasteiger partial charge < -0.3 is 10.6 Å². The van der Waals surface area contributed by atoms with E-state index in [0.29, 0.717) is 0 Å². The first-order valence-electron chi connectivity index (χ1n) is 6.79. The summed E-state index contributed by atoms with van der Waals surface area (Å²) >= 11 is 3.46.